The Balaban J connectivity index is 2.87. The van der Waals surface area contributed by atoms with Gasteiger partial charge in [-0.05, 0) is 24.2 Å². The molecule has 0 N–H and O–H groups in total. The van der Waals surface area contributed by atoms with Gasteiger partial charge in [-0.2, -0.15) is 0 Å². The van der Waals surface area contributed by atoms with Gasteiger partial charge in [0.1, 0.15) is 5.78 Å². The lowest BCUT2D eigenvalue weighted by molar-refractivity contribution is -0.139. The van der Waals surface area contributed by atoms with Gasteiger partial charge in [0, 0.05) is 30.8 Å². The average molecular weight is 295 g/mol. The van der Waals surface area contributed by atoms with Gasteiger partial charge in [0.15, 0.2) is 0 Å². The summed E-state index contributed by atoms with van der Waals surface area (Å²) in [4.78, 5) is 27.1. The highest BCUT2D eigenvalue weighted by atomic mass is 16.2. The van der Waals surface area contributed by atoms with Crippen LogP contribution < -0.4 is 0 Å². The highest BCUT2D eigenvalue weighted by Gasteiger charge is 2.39. The molecule has 21 heavy (non-hydrogen) atoms. The van der Waals surface area contributed by atoms with E-state index >= 15 is 0 Å². The summed E-state index contributed by atoms with van der Waals surface area (Å²) in [5, 5.41) is 0. The van der Waals surface area contributed by atoms with Crippen molar-refractivity contribution in [2.75, 3.05) is 13.1 Å². The summed E-state index contributed by atoms with van der Waals surface area (Å²) in [7, 11) is 0. The molecule has 1 aliphatic rings. The molecule has 0 aromatic rings. The molecule has 0 aliphatic carbocycles. The van der Waals surface area contributed by atoms with Crippen molar-refractivity contribution in [3.05, 3.63) is 0 Å². The molecule has 3 heteroatoms. The van der Waals surface area contributed by atoms with Gasteiger partial charge in [-0.1, -0.05) is 48.5 Å². The van der Waals surface area contributed by atoms with Gasteiger partial charge in [-0.15, -0.1) is 0 Å². The second-order valence-electron chi connectivity index (χ2n) is 8.67. The van der Waals surface area contributed by atoms with Crippen molar-refractivity contribution in [1.29, 1.82) is 0 Å². The molecule has 1 rings (SSSR count). The van der Waals surface area contributed by atoms with Gasteiger partial charge >= 0.3 is 0 Å². The number of rotatable bonds is 4. The number of carbonyl (C=O) groups excluding carboxylic acids is 2. The minimum atomic E-state index is -0.333. The lowest BCUT2D eigenvalue weighted by atomic mass is 9.68. The number of carbonyl (C=O) groups is 2. The van der Waals surface area contributed by atoms with E-state index in [1.807, 2.05) is 32.6 Å². The van der Waals surface area contributed by atoms with Crippen LogP contribution in [0.15, 0.2) is 0 Å². The lowest BCUT2D eigenvalue weighted by Gasteiger charge is -2.37. The minimum Gasteiger partial charge on any atom is -0.342 e. The van der Waals surface area contributed by atoms with E-state index in [1.165, 1.54) is 0 Å². The zero-order valence-electron chi connectivity index (χ0n) is 15.0. The fraction of sp³-hybridized carbons (Fsp3) is 0.889. The fourth-order valence-electron chi connectivity index (χ4n) is 3.14. The quantitative estimate of drug-likeness (QED) is 0.788. The Morgan fingerprint density at radius 2 is 1.48 bits per heavy atom. The molecule has 122 valence electrons. The van der Waals surface area contributed by atoms with Crippen LogP contribution in [0.5, 0.6) is 0 Å². The maximum absolute atomic E-state index is 12.7. The molecule has 1 aliphatic heterocycles. The zero-order valence-corrected chi connectivity index (χ0v) is 15.0. The summed E-state index contributed by atoms with van der Waals surface area (Å²) in [5.41, 5.74) is -0.379. The third-order valence-corrected chi connectivity index (χ3v) is 4.77. The average Bonchev–Trinajstić information content (AvgIpc) is 2.84. The Hall–Kier alpha value is -0.860. The molecule has 0 aromatic heterocycles. The van der Waals surface area contributed by atoms with Crippen LogP contribution in [0, 0.1) is 22.7 Å². The van der Waals surface area contributed by atoms with E-state index in [1.54, 1.807) is 0 Å². The SMILES string of the molecule is CC(C(=O)N1CCCC1)C(CC(=O)C(C)(C)C)C(C)(C)C. The minimum absolute atomic E-state index is 0.0459. The van der Waals surface area contributed by atoms with Crippen molar-refractivity contribution in [1.82, 2.24) is 4.90 Å². The van der Waals surface area contributed by atoms with E-state index in [0.717, 1.165) is 25.9 Å². The monoisotopic (exact) mass is 295 g/mol. The Labute approximate surface area is 130 Å². The third-order valence-electron chi connectivity index (χ3n) is 4.77. The Kier molecular flexibility index (Phi) is 5.63. The number of likely N-dealkylation sites (tertiary alicyclic amines) is 1. The predicted octanol–water partition coefficient (Wildman–Crippen LogP) is 3.91. The lowest BCUT2D eigenvalue weighted by Crippen LogP contribution is -2.41. The molecule has 0 aromatic carbocycles. The standard InChI is InChI=1S/C18H33NO2/c1-13(16(21)19-10-8-9-11-19)14(17(2,3)4)12-15(20)18(5,6)7/h13-14H,8-12H2,1-7H3. The zero-order chi connectivity index (χ0) is 16.4. The molecular weight excluding hydrogens is 262 g/mol. The molecule has 0 spiro atoms. The number of hydrogen-bond donors (Lipinski definition) is 0. The maximum atomic E-state index is 12.7. The summed E-state index contributed by atoms with van der Waals surface area (Å²) in [6.07, 6.45) is 2.72. The van der Waals surface area contributed by atoms with Gasteiger partial charge in [-0.3, -0.25) is 9.59 Å². The van der Waals surface area contributed by atoms with E-state index in [2.05, 4.69) is 20.8 Å². The van der Waals surface area contributed by atoms with E-state index in [4.69, 9.17) is 0 Å². The van der Waals surface area contributed by atoms with E-state index < -0.39 is 0 Å². The Morgan fingerprint density at radius 3 is 1.86 bits per heavy atom. The molecule has 0 bridgehead atoms. The van der Waals surface area contributed by atoms with Crippen molar-refractivity contribution in [2.45, 2.75) is 67.7 Å². The summed E-state index contributed by atoms with van der Waals surface area (Å²) in [5.74, 6) is 0.490. The first-order chi connectivity index (χ1) is 9.44. The smallest absolute Gasteiger partial charge is 0.225 e. The maximum Gasteiger partial charge on any atom is 0.225 e. The van der Waals surface area contributed by atoms with Crippen LogP contribution in [0.2, 0.25) is 0 Å². The normalized spacial score (nSPS) is 19.5. The second kappa shape index (κ2) is 6.50. The summed E-state index contributed by atoms with van der Waals surface area (Å²) >= 11 is 0. The van der Waals surface area contributed by atoms with Gasteiger partial charge in [0.05, 0.1) is 0 Å². The van der Waals surface area contributed by atoms with Crippen molar-refractivity contribution >= 4 is 11.7 Å². The molecule has 0 saturated carbocycles. The van der Waals surface area contributed by atoms with E-state index in [0.29, 0.717) is 6.42 Å². The van der Waals surface area contributed by atoms with Crippen LogP contribution in [-0.4, -0.2) is 29.7 Å². The van der Waals surface area contributed by atoms with Crippen LogP contribution >= 0.6 is 0 Å². The predicted molar refractivity (Wildman–Crippen MR) is 87.0 cm³/mol. The summed E-state index contributed by atoms with van der Waals surface area (Å²) < 4.78 is 0. The molecule has 3 nitrogen and oxygen atoms in total. The third kappa shape index (κ3) is 4.82. The van der Waals surface area contributed by atoms with Crippen molar-refractivity contribution in [3.63, 3.8) is 0 Å². The number of hydrogen-bond acceptors (Lipinski definition) is 2. The first-order valence-corrected chi connectivity index (χ1v) is 8.26. The van der Waals surface area contributed by atoms with Crippen molar-refractivity contribution < 1.29 is 9.59 Å². The van der Waals surface area contributed by atoms with Crippen LogP contribution in [0.1, 0.15) is 67.7 Å². The molecule has 1 saturated heterocycles. The van der Waals surface area contributed by atoms with Crippen LogP contribution in [0.25, 0.3) is 0 Å². The van der Waals surface area contributed by atoms with Gasteiger partial charge < -0.3 is 4.90 Å². The van der Waals surface area contributed by atoms with E-state index in [9.17, 15) is 9.59 Å². The molecule has 1 amide bonds. The number of ketones is 1. The number of Topliss-reactive ketones (excluding diaryl/α,β-unsaturated/α-hetero) is 1. The van der Waals surface area contributed by atoms with Gasteiger partial charge in [-0.25, -0.2) is 0 Å². The van der Waals surface area contributed by atoms with Crippen LogP contribution in [-0.2, 0) is 9.59 Å². The Morgan fingerprint density at radius 1 is 1.00 bits per heavy atom. The van der Waals surface area contributed by atoms with E-state index in [-0.39, 0.29) is 34.4 Å². The van der Waals surface area contributed by atoms with Crippen molar-refractivity contribution in [3.8, 4) is 0 Å². The molecule has 0 radical (unpaired) electrons. The topological polar surface area (TPSA) is 37.4 Å². The first kappa shape index (κ1) is 18.2. The van der Waals surface area contributed by atoms with Crippen LogP contribution in [0.3, 0.4) is 0 Å². The highest BCUT2D eigenvalue weighted by molar-refractivity contribution is 5.85. The highest BCUT2D eigenvalue weighted by Crippen LogP contribution is 2.38. The second-order valence-corrected chi connectivity index (χ2v) is 8.67. The number of nitrogens with zero attached hydrogens (tertiary/aromatic N) is 1. The van der Waals surface area contributed by atoms with Gasteiger partial charge in [0.25, 0.3) is 0 Å². The number of amides is 1. The molecule has 2 atom stereocenters. The molecule has 2 unspecified atom stereocenters. The molecular formula is C18H33NO2. The first-order valence-electron chi connectivity index (χ1n) is 8.26. The summed E-state index contributed by atoms with van der Waals surface area (Å²) in [6, 6.07) is 0. The fourth-order valence-corrected chi connectivity index (χ4v) is 3.14. The molecule has 1 fully saturated rings. The Bertz CT molecular complexity index is 381. The van der Waals surface area contributed by atoms with Gasteiger partial charge in [0.2, 0.25) is 5.91 Å². The largest absolute Gasteiger partial charge is 0.342 e. The molecule has 1 heterocycles. The van der Waals surface area contributed by atoms with Crippen molar-refractivity contribution in [2.24, 2.45) is 22.7 Å². The summed E-state index contributed by atoms with van der Waals surface area (Å²) in [6.45, 7) is 16.1. The van der Waals surface area contributed by atoms with Crippen LogP contribution in [0.4, 0.5) is 0 Å².